The molecule has 0 saturated heterocycles. The van der Waals surface area contributed by atoms with Crippen molar-refractivity contribution < 1.29 is 9.59 Å². The van der Waals surface area contributed by atoms with Crippen LogP contribution in [-0.2, 0) is 4.79 Å². The van der Waals surface area contributed by atoms with Crippen LogP contribution in [0, 0.1) is 0 Å². The molecule has 3 aromatic rings. The van der Waals surface area contributed by atoms with E-state index in [-0.39, 0.29) is 16.9 Å². The third kappa shape index (κ3) is 4.28. The number of rotatable bonds is 5. The van der Waals surface area contributed by atoms with Crippen molar-refractivity contribution in [1.82, 2.24) is 0 Å². The summed E-state index contributed by atoms with van der Waals surface area (Å²) in [6, 6.07) is 21.4. The molecule has 126 valence electrons. The van der Waals surface area contributed by atoms with Crippen LogP contribution in [0.2, 0.25) is 0 Å². The highest BCUT2D eigenvalue weighted by molar-refractivity contribution is 8.00. The number of thioether (sulfide) groups is 1. The second-order valence-corrected chi connectivity index (χ2v) is 7.31. The summed E-state index contributed by atoms with van der Waals surface area (Å²) in [5.41, 5.74) is 1.23. The molecule has 25 heavy (non-hydrogen) atoms. The highest BCUT2D eigenvalue weighted by Gasteiger charge is 2.15. The fraction of sp³-hybridized carbons (Fsp3) is 0.143. The Balaban J connectivity index is 1.69. The van der Waals surface area contributed by atoms with Gasteiger partial charge in [0.15, 0.2) is 5.78 Å². The summed E-state index contributed by atoms with van der Waals surface area (Å²) in [7, 11) is 0. The molecule has 0 spiro atoms. The van der Waals surface area contributed by atoms with Crippen molar-refractivity contribution in [1.29, 1.82) is 0 Å². The van der Waals surface area contributed by atoms with Crippen LogP contribution in [-0.4, -0.2) is 16.9 Å². The maximum absolute atomic E-state index is 12.4. The second kappa shape index (κ2) is 7.53. The van der Waals surface area contributed by atoms with E-state index in [0.29, 0.717) is 11.3 Å². The molecule has 1 N–H and O–H groups in total. The molecule has 0 aromatic heterocycles. The summed E-state index contributed by atoms with van der Waals surface area (Å²) >= 11 is 1.52. The van der Waals surface area contributed by atoms with Crippen molar-refractivity contribution in [2.24, 2.45) is 0 Å². The Morgan fingerprint density at radius 3 is 2.44 bits per heavy atom. The Morgan fingerprint density at radius 2 is 1.68 bits per heavy atom. The number of amides is 1. The van der Waals surface area contributed by atoms with Crippen molar-refractivity contribution >= 4 is 39.9 Å². The molecule has 3 aromatic carbocycles. The zero-order valence-corrected chi connectivity index (χ0v) is 15.0. The van der Waals surface area contributed by atoms with Crippen LogP contribution in [0.25, 0.3) is 10.8 Å². The summed E-state index contributed by atoms with van der Waals surface area (Å²) in [4.78, 5) is 24.9. The molecule has 0 aliphatic rings. The predicted octanol–water partition coefficient (Wildman–Crippen LogP) is 5.16. The maximum atomic E-state index is 12.4. The normalized spacial score (nSPS) is 11.9. The Kier molecular flexibility index (Phi) is 5.19. The van der Waals surface area contributed by atoms with Crippen LogP contribution >= 0.6 is 11.8 Å². The molecule has 3 rings (SSSR count). The monoisotopic (exact) mass is 349 g/mol. The molecular formula is C21H19NO2S. The lowest BCUT2D eigenvalue weighted by Gasteiger charge is -2.13. The largest absolute Gasteiger partial charge is 0.325 e. The number of hydrogen-bond donors (Lipinski definition) is 1. The molecule has 0 aliphatic carbocycles. The molecule has 0 bridgehead atoms. The van der Waals surface area contributed by atoms with Gasteiger partial charge >= 0.3 is 0 Å². The van der Waals surface area contributed by atoms with Crippen LogP contribution in [0.15, 0.2) is 71.6 Å². The Hall–Kier alpha value is -2.59. The smallest absolute Gasteiger partial charge is 0.237 e. The van der Waals surface area contributed by atoms with Crippen molar-refractivity contribution in [2.45, 2.75) is 24.0 Å². The van der Waals surface area contributed by atoms with Crippen molar-refractivity contribution in [3.05, 3.63) is 72.3 Å². The molecule has 1 atom stereocenters. The van der Waals surface area contributed by atoms with Crippen molar-refractivity contribution in [3.63, 3.8) is 0 Å². The van der Waals surface area contributed by atoms with E-state index in [4.69, 9.17) is 0 Å². The fourth-order valence-corrected chi connectivity index (χ4v) is 3.47. The van der Waals surface area contributed by atoms with Crippen LogP contribution in [0.5, 0.6) is 0 Å². The number of nitrogens with one attached hydrogen (secondary N) is 1. The second-order valence-electron chi connectivity index (χ2n) is 5.90. The first-order valence-corrected chi connectivity index (χ1v) is 8.98. The summed E-state index contributed by atoms with van der Waals surface area (Å²) < 4.78 is 0. The molecule has 0 unspecified atom stereocenters. The van der Waals surface area contributed by atoms with Gasteiger partial charge in [0.1, 0.15) is 0 Å². The quantitative estimate of drug-likeness (QED) is 0.511. The first-order chi connectivity index (χ1) is 12.0. The van der Waals surface area contributed by atoms with Gasteiger partial charge < -0.3 is 5.32 Å². The lowest BCUT2D eigenvalue weighted by Crippen LogP contribution is -2.22. The van der Waals surface area contributed by atoms with Gasteiger partial charge in [0, 0.05) is 16.1 Å². The molecule has 0 radical (unpaired) electrons. The summed E-state index contributed by atoms with van der Waals surface area (Å²) in [6.07, 6.45) is 0. The van der Waals surface area contributed by atoms with E-state index < -0.39 is 0 Å². The highest BCUT2D eigenvalue weighted by atomic mass is 32.2. The van der Waals surface area contributed by atoms with E-state index in [9.17, 15) is 9.59 Å². The number of carbonyl (C=O) groups is 2. The number of anilines is 1. The molecular weight excluding hydrogens is 330 g/mol. The van der Waals surface area contributed by atoms with Crippen molar-refractivity contribution in [3.8, 4) is 0 Å². The van der Waals surface area contributed by atoms with Gasteiger partial charge in [0.25, 0.3) is 0 Å². The van der Waals surface area contributed by atoms with Crippen molar-refractivity contribution in [2.75, 3.05) is 5.32 Å². The van der Waals surface area contributed by atoms with Gasteiger partial charge in [0.05, 0.1) is 5.25 Å². The predicted molar refractivity (Wildman–Crippen MR) is 104 cm³/mol. The SMILES string of the molecule is CC(=O)c1cccc(NC(=O)[C@@H](C)Sc2ccc3ccccc3c2)c1. The molecule has 4 heteroatoms. The number of carbonyl (C=O) groups excluding carboxylic acids is 2. The first kappa shape index (κ1) is 17.2. The zero-order chi connectivity index (χ0) is 17.8. The summed E-state index contributed by atoms with van der Waals surface area (Å²) in [5.74, 6) is -0.103. The van der Waals surface area contributed by atoms with Gasteiger partial charge in [-0.3, -0.25) is 9.59 Å². The number of ketones is 1. The Labute approximate surface area is 151 Å². The van der Waals surface area contributed by atoms with Gasteiger partial charge in [-0.1, -0.05) is 42.5 Å². The van der Waals surface area contributed by atoms with E-state index in [1.54, 1.807) is 24.3 Å². The number of fused-ring (bicyclic) bond motifs is 1. The van der Waals surface area contributed by atoms with Crippen LogP contribution in [0.3, 0.4) is 0 Å². The Morgan fingerprint density at radius 1 is 0.920 bits per heavy atom. The number of benzene rings is 3. The third-order valence-electron chi connectivity index (χ3n) is 3.94. The van der Waals surface area contributed by atoms with Gasteiger partial charge in [0.2, 0.25) is 5.91 Å². The summed E-state index contributed by atoms with van der Waals surface area (Å²) in [6.45, 7) is 3.39. The minimum atomic E-state index is -0.248. The van der Waals surface area contributed by atoms with Crippen LogP contribution in [0.1, 0.15) is 24.2 Å². The van der Waals surface area contributed by atoms with Gasteiger partial charge in [-0.2, -0.15) is 0 Å². The molecule has 0 fully saturated rings. The number of hydrogen-bond acceptors (Lipinski definition) is 3. The molecule has 0 heterocycles. The Bertz CT molecular complexity index is 936. The van der Waals surface area contributed by atoms with Gasteiger partial charge in [-0.25, -0.2) is 0 Å². The van der Waals surface area contributed by atoms with E-state index >= 15 is 0 Å². The van der Waals surface area contributed by atoms with E-state index in [2.05, 4.69) is 29.6 Å². The minimum Gasteiger partial charge on any atom is -0.325 e. The third-order valence-corrected chi connectivity index (χ3v) is 5.03. The minimum absolute atomic E-state index is 0.0188. The van der Waals surface area contributed by atoms with E-state index in [1.807, 2.05) is 25.1 Å². The molecule has 0 aliphatic heterocycles. The zero-order valence-electron chi connectivity index (χ0n) is 14.2. The number of Topliss-reactive ketones (excluding diaryl/α,β-unsaturated/α-hetero) is 1. The standard InChI is InChI=1S/C21H19NO2S/c1-14(23)17-8-5-9-19(12-17)22-21(24)15(2)25-20-11-10-16-6-3-4-7-18(16)13-20/h3-13,15H,1-2H3,(H,22,24)/t15-/m1/s1. The maximum Gasteiger partial charge on any atom is 0.237 e. The molecule has 3 nitrogen and oxygen atoms in total. The van der Waals surface area contributed by atoms with Gasteiger partial charge in [-0.15, -0.1) is 11.8 Å². The highest BCUT2D eigenvalue weighted by Crippen LogP contribution is 2.27. The summed E-state index contributed by atoms with van der Waals surface area (Å²) in [5, 5.41) is 4.98. The van der Waals surface area contributed by atoms with E-state index in [0.717, 1.165) is 10.3 Å². The van der Waals surface area contributed by atoms with Crippen LogP contribution in [0.4, 0.5) is 5.69 Å². The topological polar surface area (TPSA) is 46.2 Å². The average Bonchev–Trinajstić information content (AvgIpc) is 2.61. The molecule has 1 amide bonds. The fourth-order valence-electron chi connectivity index (χ4n) is 2.56. The lowest BCUT2D eigenvalue weighted by molar-refractivity contribution is -0.115. The first-order valence-electron chi connectivity index (χ1n) is 8.10. The average molecular weight is 349 g/mol. The van der Waals surface area contributed by atoms with Gasteiger partial charge in [-0.05, 0) is 48.9 Å². The molecule has 0 saturated carbocycles. The van der Waals surface area contributed by atoms with E-state index in [1.165, 1.54) is 24.1 Å². The van der Waals surface area contributed by atoms with Crippen LogP contribution < -0.4 is 5.32 Å². The lowest BCUT2D eigenvalue weighted by atomic mass is 10.1.